The molecule has 18 heavy (non-hydrogen) atoms. The van der Waals surface area contributed by atoms with Crippen LogP contribution in [-0.2, 0) is 0 Å². The summed E-state index contributed by atoms with van der Waals surface area (Å²) < 4.78 is 14.1. The highest BCUT2D eigenvalue weighted by Crippen LogP contribution is 2.33. The van der Waals surface area contributed by atoms with Crippen LogP contribution in [0.2, 0.25) is 0 Å². The van der Waals surface area contributed by atoms with Crippen molar-refractivity contribution in [3.8, 4) is 6.07 Å². The van der Waals surface area contributed by atoms with Gasteiger partial charge in [-0.1, -0.05) is 0 Å². The Morgan fingerprint density at radius 2 is 2.22 bits per heavy atom. The van der Waals surface area contributed by atoms with Crippen molar-refractivity contribution in [2.24, 2.45) is 10.8 Å². The number of nitrogens with two attached hydrogens (primary N) is 1. The summed E-state index contributed by atoms with van der Waals surface area (Å²) in [6, 6.07) is 3.22. The van der Waals surface area contributed by atoms with Crippen molar-refractivity contribution in [3.05, 3.63) is 26.4 Å². The summed E-state index contributed by atoms with van der Waals surface area (Å²) in [6.45, 7) is 1.74. The number of nitriles is 1. The van der Waals surface area contributed by atoms with Gasteiger partial charge < -0.3 is 5.73 Å². The first-order valence-electron chi connectivity index (χ1n) is 4.60. The molecule has 1 rings (SSSR count). The van der Waals surface area contributed by atoms with Crippen LogP contribution < -0.4 is 11.2 Å². The number of amidine groups is 1. The molecule has 0 fully saturated rings. The molecule has 0 aromatic heterocycles. The highest BCUT2D eigenvalue weighted by atomic mass is 79.9. The molecule has 0 aliphatic heterocycles. The maximum absolute atomic E-state index is 13.6. The second kappa shape index (κ2) is 5.93. The lowest BCUT2D eigenvalue weighted by Crippen LogP contribution is -2.22. The van der Waals surface area contributed by atoms with Crippen LogP contribution in [0, 0.1) is 29.5 Å². The van der Waals surface area contributed by atoms with E-state index in [0.29, 0.717) is 15.7 Å². The Hall–Kier alpha value is -1.46. The minimum absolute atomic E-state index is 0.180. The van der Waals surface area contributed by atoms with Gasteiger partial charge in [-0.2, -0.15) is 10.4 Å². The van der Waals surface area contributed by atoms with Crippen LogP contribution in [0.5, 0.6) is 0 Å². The topological polar surface area (TPSA) is 98.0 Å². The number of hydrazone groups is 1. The molecule has 0 radical (unpaired) electrons. The normalized spacial score (nSPS) is 10.9. The van der Waals surface area contributed by atoms with Gasteiger partial charge in [0.1, 0.15) is 6.07 Å². The fourth-order valence-electron chi connectivity index (χ4n) is 1.11. The number of hydrogen-bond acceptors (Lipinski definition) is 4. The third-order valence-electron chi connectivity index (χ3n) is 2.00. The maximum atomic E-state index is 13.6. The van der Waals surface area contributed by atoms with E-state index in [1.807, 2.05) is 0 Å². The second-order valence-corrected chi connectivity index (χ2v) is 4.92. The first-order valence-corrected chi connectivity index (χ1v) is 6.19. The third kappa shape index (κ3) is 3.05. The van der Waals surface area contributed by atoms with E-state index in [0.717, 1.165) is 0 Å². The summed E-state index contributed by atoms with van der Waals surface area (Å²) in [4.78, 5) is 0. The molecular weight excluding hydrogens is 369 g/mol. The lowest BCUT2D eigenvalue weighted by molar-refractivity contribution is 0.614. The monoisotopic (exact) mass is 375 g/mol. The van der Waals surface area contributed by atoms with Crippen molar-refractivity contribution in [2.45, 2.75) is 6.92 Å². The van der Waals surface area contributed by atoms with Crippen LogP contribution in [0.15, 0.2) is 20.1 Å². The van der Waals surface area contributed by atoms with Gasteiger partial charge in [-0.25, -0.2) is 4.39 Å². The Morgan fingerprint density at radius 3 is 2.72 bits per heavy atom. The molecule has 1 aromatic rings. The van der Waals surface area contributed by atoms with E-state index in [4.69, 9.17) is 16.4 Å². The van der Waals surface area contributed by atoms with Crippen LogP contribution >= 0.6 is 31.9 Å². The van der Waals surface area contributed by atoms with Gasteiger partial charge in [-0.15, -0.1) is 0 Å². The van der Waals surface area contributed by atoms with Crippen molar-refractivity contribution >= 4 is 49.1 Å². The molecule has 0 atom stereocenters. The van der Waals surface area contributed by atoms with E-state index >= 15 is 0 Å². The number of anilines is 1. The van der Waals surface area contributed by atoms with Crippen LogP contribution in [0.1, 0.15) is 5.56 Å². The van der Waals surface area contributed by atoms with E-state index in [1.165, 1.54) is 0 Å². The van der Waals surface area contributed by atoms with Gasteiger partial charge in [0.15, 0.2) is 11.7 Å². The molecule has 0 amide bonds. The fraction of sp³-hybridized carbons (Fsp3) is 0.100. The zero-order chi connectivity index (χ0) is 13.9. The molecule has 0 unspecified atom stereocenters. The minimum Gasteiger partial charge on any atom is -0.382 e. The lowest BCUT2D eigenvalue weighted by Gasteiger charge is -2.10. The Labute approximate surface area is 120 Å². The van der Waals surface area contributed by atoms with E-state index in [9.17, 15) is 4.39 Å². The first kappa shape index (κ1) is 14.6. The quantitative estimate of drug-likeness (QED) is 0.327. The van der Waals surface area contributed by atoms with Gasteiger partial charge in [0.2, 0.25) is 5.71 Å². The van der Waals surface area contributed by atoms with Gasteiger partial charge >= 0.3 is 0 Å². The summed E-state index contributed by atoms with van der Waals surface area (Å²) in [5.41, 5.74) is 8.46. The third-order valence-corrected chi connectivity index (χ3v) is 3.32. The van der Waals surface area contributed by atoms with Crippen molar-refractivity contribution in [2.75, 3.05) is 5.43 Å². The van der Waals surface area contributed by atoms with E-state index < -0.39 is 11.7 Å². The predicted molar refractivity (Wildman–Crippen MR) is 75.1 cm³/mol. The highest BCUT2D eigenvalue weighted by molar-refractivity contribution is 9.11. The Bertz CT molecular complexity index is 577. The Morgan fingerprint density at radius 1 is 1.61 bits per heavy atom. The number of nitrogens with zero attached hydrogens (tertiary/aromatic N) is 2. The average molecular weight is 377 g/mol. The van der Waals surface area contributed by atoms with Crippen molar-refractivity contribution in [3.63, 3.8) is 0 Å². The van der Waals surface area contributed by atoms with Gasteiger partial charge in [-0.3, -0.25) is 10.8 Å². The number of rotatable bonds is 3. The summed E-state index contributed by atoms with van der Waals surface area (Å²) >= 11 is 6.16. The number of nitrogens with one attached hydrogen (secondary N) is 2. The van der Waals surface area contributed by atoms with Crippen LogP contribution in [0.3, 0.4) is 0 Å². The van der Waals surface area contributed by atoms with Crippen LogP contribution in [0.25, 0.3) is 0 Å². The summed E-state index contributed by atoms with van der Waals surface area (Å²) in [7, 11) is 0. The van der Waals surface area contributed by atoms with Crippen molar-refractivity contribution < 1.29 is 4.39 Å². The molecule has 1 aromatic carbocycles. The second-order valence-electron chi connectivity index (χ2n) is 3.28. The zero-order valence-electron chi connectivity index (χ0n) is 9.18. The number of aryl methyl sites for hydroxylation is 1. The fourth-order valence-corrected chi connectivity index (χ4v) is 2.53. The van der Waals surface area contributed by atoms with Crippen LogP contribution in [-0.4, -0.2) is 11.5 Å². The molecular formula is C10H8Br2FN5. The summed E-state index contributed by atoms with van der Waals surface area (Å²) in [5, 5.41) is 19.4. The highest BCUT2D eigenvalue weighted by Gasteiger charge is 2.13. The molecule has 0 saturated carbocycles. The van der Waals surface area contributed by atoms with Crippen molar-refractivity contribution in [1.29, 1.82) is 10.7 Å². The van der Waals surface area contributed by atoms with E-state index in [2.05, 4.69) is 42.4 Å². The molecule has 5 nitrogen and oxygen atoms in total. The zero-order valence-corrected chi connectivity index (χ0v) is 12.4. The predicted octanol–water partition coefficient (Wildman–Crippen LogP) is 2.89. The summed E-state index contributed by atoms with van der Waals surface area (Å²) in [5.74, 6) is -0.948. The Balaban J connectivity index is 3.18. The molecule has 8 heteroatoms. The molecule has 94 valence electrons. The molecule has 4 N–H and O–H groups in total. The van der Waals surface area contributed by atoms with Crippen molar-refractivity contribution in [1.82, 2.24) is 0 Å². The largest absolute Gasteiger partial charge is 0.382 e. The molecule has 0 spiro atoms. The SMILES string of the molecule is Cc1cc(Br)c(F)c(Br)c1N/N=C(\C#N)C(=N)N. The smallest absolute Gasteiger partial charge is 0.201 e. The lowest BCUT2D eigenvalue weighted by atomic mass is 10.2. The van der Waals surface area contributed by atoms with Gasteiger partial charge in [0, 0.05) is 0 Å². The van der Waals surface area contributed by atoms with E-state index in [-0.39, 0.29) is 10.2 Å². The number of benzene rings is 1. The molecule has 0 saturated heterocycles. The Kier molecular flexibility index (Phi) is 4.81. The number of halogens is 3. The maximum Gasteiger partial charge on any atom is 0.201 e. The van der Waals surface area contributed by atoms with Gasteiger partial charge in [0.05, 0.1) is 14.6 Å². The molecule has 0 heterocycles. The van der Waals surface area contributed by atoms with Crippen LogP contribution in [0.4, 0.5) is 10.1 Å². The molecule has 0 aliphatic carbocycles. The van der Waals surface area contributed by atoms with E-state index in [1.54, 1.807) is 19.1 Å². The van der Waals surface area contributed by atoms with Gasteiger partial charge in [0.25, 0.3) is 0 Å². The summed E-state index contributed by atoms with van der Waals surface area (Å²) in [6.07, 6.45) is 0. The standard InChI is InChI=1S/C10H8Br2FN5/c1-4-2-5(11)8(13)7(12)9(4)18-17-6(3-14)10(15)16/h2,18H,1H3,(H3,15,16)/b17-6+. The van der Waals surface area contributed by atoms with Gasteiger partial charge in [-0.05, 0) is 50.4 Å². The number of hydrogen-bond donors (Lipinski definition) is 3. The molecule has 0 aliphatic rings. The first-order chi connectivity index (χ1) is 8.38. The molecule has 0 bridgehead atoms. The minimum atomic E-state index is -0.486. The average Bonchev–Trinajstić information content (AvgIpc) is 2.30.